The fourth-order valence-corrected chi connectivity index (χ4v) is 2.30. The summed E-state index contributed by atoms with van der Waals surface area (Å²) in [6.07, 6.45) is 0.889. The van der Waals surface area contributed by atoms with Crippen molar-refractivity contribution in [1.29, 1.82) is 0 Å². The SMILES string of the molecule is CC(N)C1CCN(C(=O)Nc2cccc([N+](=O)[O-])c2)C1. The minimum Gasteiger partial charge on any atom is -0.328 e. The Bertz CT molecular complexity index is 518. The van der Waals surface area contributed by atoms with Crippen molar-refractivity contribution in [3.63, 3.8) is 0 Å². The number of urea groups is 1. The predicted octanol–water partition coefficient (Wildman–Crippen LogP) is 1.80. The van der Waals surface area contributed by atoms with Gasteiger partial charge in [-0.2, -0.15) is 0 Å². The lowest BCUT2D eigenvalue weighted by molar-refractivity contribution is -0.384. The highest BCUT2D eigenvalue weighted by Crippen LogP contribution is 2.21. The second kappa shape index (κ2) is 5.87. The molecule has 0 aromatic heterocycles. The summed E-state index contributed by atoms with van der Waals surface area (Å²) in [5.74, 6) is 0.311. The highest BCUT2D eigenvalue weighted by molar-refractivity contribution is 5.89. The Kier molecular flexibility index (Phi) is 4.19. The maximum absolute atomic E-state index is 12.1. The van der Waals surface area contributed by atoms with Gasteiger partial charge in [0.25, 0.3) is 5.69 Å². The predicted molar refractivity (Wildman–Crippen MR) is 75.4 cm³/mol. The zero-order chi connectivity index (χ0) is 14.7. The molecule has 0 bridgehead atoms. The molecule has 2 rings (SSSR count). The van der Waals surface area contributed by atoms with E-state index < -0.39 is 4.92 Å². The van der Waals surface area contributed by atoms with Crippen molar-refractivity contribution >= 4 is 17.4 Å². The van der Waals surface area contributed by atoms with Gasteiger partial charge in [-0.15, -0.1) is 0 Å². The van der Waals surface area contributed by atoms with Crippen LogP contribution in [0.3, 0.4) is 0 Å². The summed E-state index contributed by atoms with van der Waals surface area (Å²) in [4.78, 5) is 23.9. The van der Waals surface area contributed by atoms with E-state index in [-0.39, 0.29) is 17.8 Å². The first kappa shape index (κ1) is 14.3. The third-order valence-electron chi connectivity index (χ3n) is 3.56. The van der Waals surface area contributed by atoms with E-state index in [1.807, 2.05) is 6.92 Å². The molecule has 2 unspecified atom stereocenters. The number of benzene rings is 1. The molecule has 0 radical (unpaired) electrons. The third kappa shape index (κ3) is 3.24. The van der Waals surface area contributed by atoms with Gasteiger partial charge in [-0.05, 0) is 25.3 Å². The first-order valence-corrected chi connectivity index (χ1v) is 6.53. The van der Waals surface area contributed by atoms with Crippen molar-refractivity contribution in [3.05, 3.63) is 34.4 Å². The van der Waals surface area contributed by atoms with Gasteiger partial charge in [-0.3, -0.25) is 10.1 Å². The van der Waals surface area contributed by atoms with Crippen LogP contribution in [-0.4, -0.2) is 35.0 Å². The molecule has 7 heteroatoms. The summed E-state index contributed by atoms with van der Waals surface area (Å²) in [5, 5.41) is 13.4. The monoisotopic (exact) mass is 278 g/mol. The molecule has 0 saturated carbocycles. The van der Waals surface area contributed by atoms with Crippen molar-refractivity contribution in [3.8, 4) is 0 Å². The molecule has 1 aliphatic rings. The van der Waals surface area contributed by atoms with Crippen LogP contribution in [0.5, 0.6) is 0 Å². The standard InChI is InChI=1S/C13H18N4O3/c1-9(14)10-5-6-16(8-10)13(18)15-11-3-2-4-12(7-11)17(19)20/h2-4,7,9-10H,5-6,8,14H2,1H3,(H,15,18). The number of hydrogen-bond acceptors (Lipinski definition) is 4. The molecule has 3 N–H and O–H groups in total. The van der Waals surface area contributed by atoms with E-state index in [4.69, 9.17) is 5.73 Å². The number of rotatable bonds is 3. The minimum atomic E-state index is -0.488. The van der Waals surface area contributed by atoms with E-state index in [0.717, 1.165) is 6.42 Å². The molecule has 1 heterocycles. The number of hydrogen-bond donors (Lipinski definition) is 2. The lowest BCUT2D eigenvalue weighted by Gasteiger charge is -2.18. The Morgan fingerprint density at radius 1 is 1.60 bits per heavy atom. The molecule has 20 heavy (non-hydrogen) atoms. The van der Waals surface area contributed by atoms with Gasteiger partial charge < -0.3 is 16.0 Å². The molecule has 1 saturated heterocycles. The van der Waals surface area contributed by atoms with Gasteiger partial charge in [0.1, 0.15) is 0 Å². The van der Waals surface area contributed by atoms with Crippen LogP contribution in [0.15, 0.2) is 24.3 Å². The Morgan fingerprint density at radius 3 is 2.95 bits per heavy atom. The van der Waals surface area contributed by atoms with E-state index in [9.17, 15) is 14.9 Å². The van der Waals surface area contributed by atoms with Crippen LogP contribution in [0.2, 0.25) is 0 Å². The Morgan fingerprint density at radius 2 is 2.35 bits per heavy atom. The number of carbonyl (C=O) groups excluding carboxylic acids is 1. The van der Waals surface area contributed by atoms with Crippen LogP contribution in [0.4, 0.5) is 16.2 Å². The number of nitro benzene ring substituents is 1. The van der Waals surface area contributed by atoms with Crippen molar-refractivity contribution in [2.45, 2.75) is 19.4 Å². The van der Waals surface area contributed by atoms with Gasteiger partial charge >= 0.3 is 6.03 Å². The fraction of sp³-hybridized carbons (Fsp3) is 0.462. The lowest BCUT2D eigenvalue weighted by atomic mass is 10.0. The number of anilines is 1. The molecule has 1 fully saturated rings. The third-order valence-corrected chi connectivity index (χ3v) is 3.56. The van der Waals surface area contributed by atoms with Gasteiger partial charge in [-0.25, -0.2) is 4.79 Å². The molecule has 2 atom stereocenters. The average molecular weight is 278 g/mol. The quantitative estimate of drug-likeness (QED) is 0.650. The van der Waals surface area contributed by atoms with Gasteiger partial charge in [-0.1, -0.05) is 6.07 Å². The number of nitrogens with one attached hydrogen (secondary N) is 1. The van der Waals surface area contributed by atoms with Crippen LogP contribution in [0.1, 0.15) is 13.3 Å². The molecule has 1 aliphatic heterocycles. The highest BCUT2D eigenvalue weighted by Gasteiger charge is 2.28. The Hall–Kier alpha value is -2.15. The van der Waals surface area contributed by atoms with Crippen LogP contribution in [-0.2, 0) is 0 Å². The van der Waals surface area contributed by atoms with E-state index in [1.165, 1.54) is 12.1 Å². The van der Waals surface area contributed by atoms with Crippen LogP contribution in [0.25, 0.3) is 0 Å². The summed E-state index contributed by atoms with van der Waals surface area (Å²) >= 11 is 0. The summed E-state index contributed by atoms with van der Waals surface area (Å²) in [6.45, 7) is 3.22. The summed E-state index contributed by atoms with van der Waals surface area (Å²) in [7, 11) is 0. The molecular weight excluding hydrogens is 260 g/mol. The largest absolute Gasteiger partial charge is 0.328 e. The van der Waals surface area contributed by atoms with E-state index in [0.29, 0.717) is 24.7 Å². The number of nitrogens with zero attached hydrogens (tertiary/aromatic N) is 2. The second-order valence-corrected chi connectivity index (χ2v) is 5.09. The van der Waals surface area contributed by atoms with E-state index in [2.05, 4.69) is 5.32 Å². The first-order valence-electron chi connectivity index (χ1n) is 6.53. The maximum atomic E-state index is 12.1. The second-order valence-electron chi connectivity index (χ2n) is 5.09. The first-order chi connectivity index (χ1) is 9.47. The van der Waals surface area contributed by atoms with Gasteiger partial charge in [0.2, 0.25) is 0 Å². The number of nitro groups is 1. The molecule has 1 aromatic carbocycles. The van der Waals surface area contributed by atoms with Gasteiger partial charge in [0, 0.05) is 37.0 Å². The minimum absolute atomic E-state index is 0.0438. The van der Waals surface area contributed by atoms with Crippen LogP contribution >= 0.6 is 0 Å². The zero-order valence-corrected chi connectivity index (χ0v) is 11.3. The molecule has 1 aromatic rings. The summed E-state index contributed by atoms with van der Waals surface area (Å²) < 4.78 is 0. The lowest BCUT2D eigenvalue weighted by Crippen LogP contribution is -2.35. The van der Waals surface area contributed by atoms with Crippen molar-refractivity contribution in [2.24, 2.45) is 11.7 Å². The van der Waals surface area contributed by atoms with Gasteiger partial charge in [0.15, 0.2) is 0 Å². The molecule has 0 aliphatic carbocycles. The van der Waals surface area contributed by atoms with E-state index >= 15 is 0 Å². The zero-order valence-electron chi connectivity index (χ0n) is 11.3. The number of non-ortho nitro benzene ring substituents is 1. The number of carbonyl (C=O) groups is 1. The number of likely N-dealkylation sites (tertiary alicyclic amines) is 1. The summed E-state index contributed by atoms with van der Waals surface area (Å²) in [5.41, 5.74) is 6.21. The highest BCUT2D eigenvalue weighted by atomic mass is 16.6. The fourth-order valence-electron chi connectivity index (χ4n) is 2.30. The van der Waals surface area contributed by atoms with Crippen LogP contribution in [0, 0.1) is 16.0 Å². The maximum Gasteiger partial charge on any atom is 0.321 e. The van der Waals surface area contributed by atoms with Crippen molar-refractivity contribution in [2.75, 3.05) is 18.4 Å². The molecule has 7 nitrogen and oxygen atoms in total. The topological polar surface area (TPSA) is 102 Å². The summed E-state index contributed by atoms with van der Waals surface area (Å²) in [6, 6.07) is 5.72. The molecule has 108 valence electrons. The van der Waals surface area contributed by atoms with E-state index in [1.54, 1.807) is 17.0 Å². The number of amides is 2. The van der Waals surface area contributed by atoms with Gasteiger partial charge in [0.05, 0.1) is 4.92 Å². The van der Waals surface area contributed by atoms with Crippen LogP contribution < -0.4 is 11.1 Å². The normalized spacial score (nSPS) is 19.7. The molecule has 0 spiro atoms. The molecular formula is C13H18N4O3. The van der Waals surface area contributed by atoms with Crippen molar-refractivity contribution in [1.82, 2.24) is 4.90 Å². The van der Waals surface area contributed by atoms with Crippen molar-refractivity contribution < 1.29 is 9.72 Å². The average Bonchev–Trinajstić information content (AvgIpc) is 2.88. The Balaban J connectivity index is 1.98. The molecule has 2 amide bonds. The Labute approximate surface area is 116 Å². The smallest absolute Gasteiger partial charge is 0.321 e. The number of nitrogens with two attached hydrogens (primary N) is 1.